The van der Waals surface area contributed by atoms with Gasteiger partial charge in [0.15, 0.2) is 0 Å². The topological polar surface area (TPSA) is 65.5 Å². The number of hydrogen-bond acceptors (Lipinski definition) is 4. The number of benzene rings is 1. The highest BCUT2D eigenvalue weighted by Crippen LogP contribution is 2.14. The van der Waals surface area contributed by atoms with E-state index in [4.69, 9.17) is 0 Å². The van der Waals surface area contributed by atoms with E-state index in [-0.39, 0.29) is 18.2 Å². The van der Waals surface area contributed by atoms with Crippen LogP contribution in [0.15, 0.2) is 54.9 Å². The summed E-state index contributed by atoms with van der Waals surface area (Å²) in [5.41, 5.74) is 2.35. The van der Waals surface area contributed by atoms with Gasteiger partial charge in [0.2, 0.25) is 11.8 Å². The van der Waals surface area contributed by atoms with Gasteiger partial charge in [0, 0.05) is 38.6 Å². The van der Waals surface area contributed by atoms with Gasteiger partial charge in [0.25, 0.3) is 0 Å². The molecule has 0 radical (unpaired) electrons. The van der Waals surface area contributed by atoms with Crippen molar-refractivity contribution in [2.75, 3.05) is 26.2 Å². The molecule has 0 spiro atoms. The van der Waals surface area contributed by atoms with Crippen LogP contribution in [-0.2, 0) is 22.6 Å². The number of piperazine rings is 1. The molecule has 2 amide bonds. The smallest absolute Gasteiger partial charge is 0.237 e. The van der Waals surface area contributed by atoms with Gasteiger partial charge in [-0.25, -0.2) is 0 Å². The standard InChI is InChI=1S/C23H30N4O2/c1-2-26(18-20-10-12-24-13-11-20)22(28)17-21-23(29)25-14-16-27(21)15-6-9-19-7-4-3-5-8-19/h3-5,7-8,10-13,21H,2,6,9,14-18H2,1H3,(H,25,29). The Balaban J connectivity index is 1.57. The van der Waals surface area contributed by atoms with Crippen LogP contribution >= 0.6 is 0 Å². The molecule has 1 saturated heterocycles. The Hall–Kier alpha value is -2.73. The van der Waals surface area contributed by atoms with Crippen LogP contribution in [0.4, 0.5) is 0 Å². The van der Waals surface area contributed by atoms with E-state index in [0.29, 0.717) is 19.6 Å². The lowest BCUT2D eigenvalue weighted by Crippen LogP contribution is -2.56. The molecule has 6 nitrogen and oxygen atoms in total. The second-order valence-corrected chi connectivity index (χ2v) is 7.40. The van der Waals surface area contributed by atoms with Crippen molar-refractivity contribution in [2.45, 2.75) is 38.8 Å². The first-order valence-electron chi connectivity index (χ1n) is 10.4. The molecule has 0 saturated carbocycles. The molecule has 0 bridgehead atoms. The van der Waals surface area contributed by atoms with Crippen LogP contribution in [0.2, 0.25) is 0 Å². The summed E-state index contributed by atoms with van der Waals surface area (Å²) in [5.74, 6) is -0.0244. The van der Waals surface area contributed by atoms with Gasteiger partial charge in [-0.3, -0.25) is 19.5 Å². The molecule has 2 aromatic rings. The zero-order chi connectivity index (χ0) is 20.5. The summed E-state index contributed by atoms with van der Waals surface area (Å²) in [4.78, 5) is 33.4. The van der Waals surface area contributed by atoms with Crippen molar-refractivity contribution in [3.63, 3.8) is 0 Å². The molecule has 1 atom stereocenters. The van der Waals surface area contributed by atoms with Crippen molar-refractivity contribution in [3.8, 4) is 0 Å². The van der Waals surface area contributed by atoms with Gasteiger partial charge in [-0.1, -0.05) is 30.3 Å². The van der Waals surface area contributed by atoms with Gasteiger partial charge >= 0.3 is 0 Å². The van der Waals surface area contributed by atoms with Crippen LogP contribution < -0.4 is 5.32 Å². The molecule has 154 valence electrons. The zero-order valence-corrected chi connectivity index (χ0v) is 17.1. The Bertz CT molecular complexity index is 782. The van der Waals surface area contributed by atoms with Gasteiger partial charge in [-0.2, -0.15) is 0 Å². The van der Waals surface area contributed by atoms with Crippen molar-refractivity contribution < 1.29 is 9.59 Å². The summed E-state index contributed by atoms with van der Waals surface area (Å²) < 4.78 is 0. The first-order chi connectivity index (χ1) is 14.2. The van der Waals surface area contributed by atoms with Crippen LogP contribution in [0, 0.1) is 0 Å². The first-order valence-corrected chi connectivity index (χ1v) is 10.4. The van der Waals surface area contributed by atoms with E-state index in [2.05, 4.69) is 27.3 Å². The van der Waals surface area contributed by atoms with E-state index in [1.807, 2.05) is 37.3 Å². The molecular formula is C23H30N4O2. The lowest BCUT2D eigenvalue weighted by Gasteiger charge is -2.35. The number of rotatable bonds is 9. The van der Waals surface area contributed by atoms with Gasteiger partial charge < -0.3 is 10.2 Å². The molecule has 0 aliphatic carbocycles. The fraction of sp³-hybridized carbons (Fsp3) is 0.435. The second-order valence-electron chi connectivity index (χ2n) is 7.40. The Morgan fingerprint density at radius 2 is 1.93 bits per heavy atom. The SMILES string of the molecule is CCN(Cc1ccncc1)C(=O)CC1C(=O)NCCN1CCCc1ccccc1. The summed E-state index contributed by atoms with van der Waals surface area (Å²) in [6, 6.07) is 13.8. The fourth-order valence-corrected chi connectivity index (χ4v) is 3.76. The maximum Gasteiger partial charge on any atom is 0.237 e. The van der Waals surface area contributed by atoms with E-state index in [1.54, 1.807) is 17.3 Å². The molecule has 1 fully saturated rings. The van der Waals surface area contributed by atoms with Gasteiger partial charge in [0.05, 0.1) is 12.5 Å². The summed E-state index contributed by atoms with van der Waals surface area (Å²) in [6.07, 6.45) is 5.63. The van der Waals surface area contributed by atoms with Crippen molar-refractivity contribution in [1.82, 2.24) is 20.1 Å². The van der Waals surface area contributed by atoms with E-state index in [0.717, 1.165) is 31.5 Å². The minimum absolute atomic E-state index is 0.0134. The highest BCUT2D eigenvalue weighted by molar-refractivity contribution is 5.88. The van der Waals surface area contributed by atoms with Gasteiger partial charge in [-0.15, -0.1) is 0 Å². The average molecular weight is 395 g/mol. The van der Waals surface area contributed by atoms with Crippen LogP contribution in [0.3, 0.4) is 0 Å². The lowest BCUT2D eigenvalue weighted by atomic mass is 10.1. The predicted octanol–water partition coefficient (Wildman–Crippen LogP) is 2.25. The van der Waals surface area contributed by atoms with Crippen molar-refractivity contribution in [1.29, 1.82) is 0 Å². The molecule has 1 N–H and O–H groups in total. The summed E-state index contributed by atoms with van der Waals surface area (Å²) in [5, 5.41) is 2.92. The third-order valence-corrected chi connectivity index (χ3v) is 5.42. The Morgan fingerprint density at radius 3 is 2.66 bits per heavy atom. The number of carbonyl (C=O) groups is 2. The summed E-state index contributed by atoms with van der Waals surface area (Å²) in [6.45, 7) is 5.37. The predicted molar refractivity (Wildman–Crippen MR) is 113 cm³/mol. The quantitative estimate of drug-likeness (QED) is 0.709. The molecule has 1 aliphatic rings. The lowest BCUT2D eigenvalue weighted by molar-refractivity contribution is -0.139. The van der Waals surface area contributed by atoms with E-state index in [9.17, 15) is 9.59 Å². The minimum atomic E-state index is -0.390. The van der Waals surface area contributed by atoms with Crippen LogP contribution in [0.25, 0.3) is 0 Å². The van der Waals surface area contributed by atoms with Crippen molar-refractivity contribution in [3.05, 3.63) is 66.0 Å². The van der Waals surface area contributed by atoms with Crippen molar-refractivity contribution >= 4 is 11.8 Å². The number of pyridine rings is 1. The second kappa shape index (κ2) is 10.7. The molecule has 6 heteroatoms. The Labute approximate surface area is 172 Å². The highest BCUT2D eigenvalue weighted by Gasteiger charge is 2.32. The summed E-state index contributed by atoms with van der Waals surface area (Å²) in [7, 11) is 0. The Morgan fingerprint density at radius 1 is 1.17 bits per heavy atom. The number of aromatic nitrogens is 1. The van der Waals surface area contributed by atoms with E-state index in [1.165, 1.54) is 5.56 Å². The number of nitrogens with zero attached hydrogens (tertiary/aromatic N) is 3. The molecule has 1 aliphatic heterocycles. The monoisotopic (exact) mass is 394 g/mol. The van der Waals surface area contributed by atoms with Crippen LogP contribution in [0.5, 0.6) is 0 Å². The number of hydrogen-bond donors (Lipinski definition) is 1. The maximum absolute atomic E-state index is 12.9. The van der Waals surface area contributed by atoms with E-state index >= 15 is 0 Å². The fourth-order valence-electron chi connectivity index (χ4n) is 3.76. The van der Waals surface area contributed by atoms with Gasteiger partial charge in [-0.05, 0) is 49.6 Å². The number of aryl methyl sites for hydroxylation is 1. The number of amides is 2. The van der Waals surface area contributed by atoms with E-state index < -0.39 is 6.04 Å². The zero-order valence-electron chi connectivity index (χ0n) is 17.1. The normalized spacial score (nSPS) is 17.0. The number of nitrogens with one attached hydrogen (secondary N) is 1. The third-order valence-electron chi connectivity index (χ3n) is 5.42. The van der Waals surface area contributed by atoms with Crippen molar-refractivity contribution in [2.24, 2.45) is 0 Å². The highest BCUT2D eigenvalue weighted by atomic mass is 16.2. The van der Waals surface area contributed by atoms with Crippen LogP contribution in [-0.4, -0.2) is 58.8 Å². The average Bonchev–Trinajstić information content (AvgIpc) is 2.75. The molecule has 1 aromatic heterocycles. The molecule has 2 heterocycles. The molecular weight excluding hydrogens is 364 g/mol. The molecule has 1 aromatic carbocycles. The first kappa shape index (κ1) is 21.0. The molecule has 29 heavy (non-hydrogen) atoms. The minimum Gasteiger partial charge on any atom is -0.353 e. The number of carbonyl (C=O) groups excluding carboxylic acids is 2. The van der Waals surface area contributed by atoms with Gasteiger partial charge in [0.1, 0.15) is 0 Å². The maximum atomic E-state index is 12.9. The van der Waals surface area contributed by atoms with Crippen LogP contribution in [0.1, 0.15) is 30.9 Å². The third kappa shape index (κ3) is 6.12. The Kier molecular flexibility index (Phi) is 7.76. The molecule has 3 rings (SSSR count). The molecule has 1 unspecified atom stereocenters. The largest absolute Gasteiger partial charge is 0.353 e. The summed E-state index contributed by atoms with van der Waals surface area (Å²) >= 11 is 0.